The number of fused-ring (bicyclic) bond motifs is 1. The molecule has 0 spiro atoms. The lowest BCUT2D eigenvalue weighted by molar-refractivity contribution is -0.347. The largest absolute Gasteiger partial charge is 0.429 e. The summed E-state index contributed by atoms with van der Waals surface area (Å²) in [4.78, 5) is 0. The highest BCUT2D eigenvalue weighted by atomic mass is 19.4. The van der Waals surface area contributed by atoms with Crippen molar-refractivity contribution < 1.29 is 41.7 Å². The molecule has 5 atom stereocenters. The Morgan fingerprint density at radius 2 is 1.53 bits per heavy atom. The molecule has 0 aromatic rings. The third kappa shape index (κ3) is 5.04. The lowest BCUT2D eigenvalue weighted by Crippen LogP contribution is -2.55. The van der Waals surface area contributed by atoms with Crippen molar-refractivity contribution in [3.8, 4) is 0 Å². The van der Waals surface area contributed by atoms with Gasteiger partial charge in [0.2, 0.25) is 0 Å². The number of aliphatic hydroxyl groups is 3. The third-order valence-corrected chi connectivity index (χ3v) is 9.42. The van der Waals surface area contributed by atoms with E-state index in [0.29, 0.717) is 25.2 Å². The van der Waals surface area contributed by atoms with E-state index in [0.717, 1.165) is 56.6 Å². The highest BCUT2D eigenvalue weighted by Crippen LogP contribution is 2.69. The van der Waals surface area contributed by atoms with Gasteiger partial charge in [-0.15, -0.1) is 0 Å². The molecule has 0 heterocycles. The van der Waals surface area contributed by atoms with E-state index in [-0.39, 0.29) is 29.2 Å². The van der Waals surface area contributed by atoms with Gasteiger partial charge in [0, 0.05) is 0 Å². The van der Waals surface area contributed by atoms with Crippen LogP contribution in [0.15, 0.2) is 35.5 Å². The van der Waals surface area contributed by atoms with Crippen LogP contribution in [-0.4, -0.2) is 45.5 Å². The highest BCUT2D eigenvalue weighted by molar-refractivity contribution is 5.27. The van der Waals surface area contributed by atoms with Crippen LogP contribution in [0.25, 0.3) is 0 Å². The molecule has 4 saturated carbocycles. The molecule has 0 aromatic heterocycles. The number of allylic oxidation sites excluding steroid dienone is 4. The number of aliphatic hydroxyl groups excluding tert-OH is 2. The van der Waals surface area contributed by atoms with Crippen molar-refractivity contribution in [2.24, 2.45) is 22.7 Å². The van der Waals surface area contributed by atoms with Crippen LogP contribution in [0.4, 0.5) is 26.3 Å². The molecule has 0 bridgehead atoms. The van der Waals surface area contributed by atoms with Crippen molar-refractivity contribution in [1.82, 2.24) is 0 Å². The quantitative estimate of drug-likeness (QED) is 0.284. The van der Waals surface area contributed by atoms with Gasteiger partial charge in [-0.3, -0.25) is 0 Å². The molecule has 4 aliphatic carbocycles. The molecular formula is C27H36F6O3. The predicted octanol–water partition coefficient (Wildman–Crippen LogP) is 6.54. The number of hydrogen-bond acceptors (Lipinski definition) is 3. The summed E-state index contributed by atoms with van der Waals surface area (Å²) in [5.74, 6) is 0.495. The van der Waals surface area contributed by atoms with E-state index in [9.17, 15) is 41.7 Å². The van der Waals surface area contributed by atoms with Crippen molar-refractivity contribution in [3.63, 3.8) is 0 Å². The second-order valence-electron chi connectivity index (χ2n) is 11.8. The zero-order valence-corrected chi connectivity index (χ0v) is 20.5. The molecule has 0 aromatic carbocycles. The van der Waals surface area contributed by atoms with Gasteiger partial charge in [-0.05, 0) is 99.4 Å². The van der Waals surface area contributed by atoms with Crippen molar-refractivity contribution in [2.75, 3.05) is 0 Å². The zero-order valence-electron chi connectivity index (χ0n) is 20.5. The molecule has 0 radical (unpaired) electrons. The Balaban J connectivity index is 1.50. The van der Waals surface area contributed by atoms with E-state index in [1.165, 1.54) is 5.57 Å². The van der Waals surface area contributed by atoms with Crippen molar-refractivity contribution >= 4 is 0 Å². The molecule has 204 valence electrons. The Morgan fingerprint density at radius 3 is 2.08 bits per heavy atom. The number of rotatable bonds is 5. The second kappa shape index (κ2) is 9.45. The van der Waals surface area contributed by atoms with E-state index in [2.05, 4.69) is 13.0 Å². The van der Waals surface area contributed by atoms with Gasteiger partial charge in [0.1, 0.15) is 0 Å². The van der Waals surface area contributed by atoms with Gasteiger partial charge < -0.3 is 15.3 Å². The van der Waals surface area contributed by atoms with Crippen LogP contribution in [0, 0.1) is 22.7 Å². The maximum absolute atomic E-state index is 13.1. The second-order valence-corrected chi connectivity index (χ2v) is 11.8. The van der Waals surface area contributed by atoms with Gasteiger partial charge in [0.05, 0.1) is 12.2 Å². The highest BCUT2D eigenvalue weighted by Gasteiger charge is 2.69. The molecule has 4 rings (SSSR count). The fourth-order valence-corrected chi connectivity index (χ4v) is 7.45. The van der Waals surface area contributed by atoms with Crippen LogP contribution < -0.4 is 0 Å². The third-order valence-electron chi connectivity index (χ3n) is 9.42. The topological polar surface area (TPSA) is 60.7 Å². The first kappa shape index (κ1) is 27.7. The zero-order chi connectivity index (χ0) is 26.6. The SMILES string of the molecule is C[C@]12CCC/C(=C\C=C3CC(O)C[C@H](O)C3)C1CCC2C1(C/C=C/C(O)(C(F)(F)F)C(F)(F)F)CC1. The molecule has 0 aliphatic heterocycles. The standard InChI is InChI=1S/C27H36F6O3/c1-23-9-2-4-18(6-5-17-14-19(34)16-20(35)15-17)21(23)7-8-22(23)24(12-13-24)10-3-11-25(36,26(28,29)30)27(31,32)33/h3,5-6,11,19-22,34-36H,2,4,7-10,12-16H2,1H3/b11-3+,17-5?,18-6+/t19-,20?,21?,22?,23+/m1/s1. The summed E-state index contributed by atoms with van der Waals surface area (Å²) in [5, 5.41) is 29.4. The Bertz CT molecular complexity index is 887. The number of hydrogen-bond donors (Lipinski definition) is 3. The van der Waals surface area contributed by atoms with Crippen LogP contribution in [0.5, 0.6) is 0 Å². The first-order chi connectivity index (χ1) is 16.6. The lowest BCUT2D eigenvalue weighted by Gasteiger charge is -2.45. The molecular weight excluding hydrogens is 486 g/mol. The lowest BCUT2D eigenvalue weighted by atomic mass is 9.59. The molecule has 36 heavy (non-hydrogen) atoms. The fraction of sp³-hybridized carbons (Fsp3) is 0.778. The molecule has 9 heteroatoms. The predicted molar refractivity (Wildman–Crippen MR) is 123 cm³/mol. The first-order valence-corrected chi connectivity index (χ1v) is 12.9. The van der Waals surface area contributed by atoms with Crippen LogP contribution in [0.1, 0.15) is 77.6 Å². The molecule has 3 nitrogen and oxygen atoms in total. The van der Waals surface area contributed by atoms with Gasteiger partial charge in [-0.2, -0.15) is 26.3 Å². The molecule has 0 saturated heterocycles. The van der Waals surface area contributed by atoms with E-state index < -0.39 is 30.2 Å². The van der Waals surface area contributed by atoms with Crippen LogP contribution >= 0.6 is 0 Å². The Hall–Kier alpha value is -1.32. The van der Waals surface area contributed by atoms with Crippen LogP contribution in [0.3, 0.4) is 0 Å². The Kier molecular flexibility index (Phi) is 7.28. The summed E-state index contributed by atoms with van der Waals surface area (Å²) in [6, 6.07) is 0. The van der Waals surface area contributed by atoms with Crippen LogP contribution in [-0.2, 0) is 0 Å². The van der Waals surface area contributed by atoms with Crippen molar-refractivity contribution in [2.45, 2.75) is 108 Å². The monoisotopic (exact) mass is 522 g/mol. The average molecular weight is 523 g/mol. The van der Waals surface area contributed by atoms with Crippen molar-refractivity contribution in [3.05, 3.63) is 35.5 Å². The molecule has 4 fully saturated rings. The summed E-state index contributed by atoms with van der Waals surface area (Å²) in [6.45, 7) is 2.22. The van der Waals surface area contributed by atoms with Gasteiger partial charge in [0.15, 0.2) is 0 Å². The number of alkyl halides is 6. The first-order valence-electron chi connectivity index (χ1n) is 12.9. The minimum Gasteiger partial charge on any atom is -0.393 e. The van der Waals surface area contributed by atoms with E-state index >= 15 is 0 Å². The summed E-state index contributed by atoms with van der Waals surface area (Å²) in [5.41, 5.74) is -2.92. The smallest absolute Gasteiger partial charge is 0.393 e. The van der Waals surface area contributed by atoms with E-state index in [1.807, 2.05) is 6.08 Å². The molecule has 3 N–H and O–H groups in total. The van der Waals surface area contributed by atoms with Gasteiger partial charge in [-0.1, -0.05) is 36.3 Å². The molecule has 3 unspecified atom stereocenters. The molecule has 4 aliphatic rings. The Morgan fingerprint density at radius 1 is 0.917 bits per heavy atom. The summed E-state index contributed by atoms with van der Waals surface area (Å²) >= 11 is 0. The normalized spacial score (nSPS) is 37.6. The molecule has 0 amide bonds. The van der Waals surface area contributed by atoms with Crippen LogP contribution in [0.2, 0.25) is 0 Å². The maximum Gasteiger partial charge on any atom is 0.429 e. The summed E-state index contributed by atoms with van der Waals surface area (Å²) in [6.07, 6.45) is -0.0501. The van der Waals surface area contributed by atoms with E-state index in [4.69, 9.17) is 0 Å². The van der Waals surface area contributed by atoms with E-state index in [1.54, 1.807) is 0 Å². The summed E-state index contributed by atoms with van der Waals surface area (Å²) < 4.78 is 78.3. The van der Waals surface area contributed by atoms with Gasteiger partial charge in [-0.25, -0.2) is 0 Å². The minimum atomic E-state index is -5.84. The fourth-order valence-electron chi connectivity index (χ4n) is 7.45. The average Bonchev–Trinajstić information content (AvgIpc) is 3.42. The minimum absolute atomic E-state index is 0.0805. The van der Waals surface area contributed by atoms with Crippen molar-refractivity contribution in [1.29, 1.82) is 0 Å². The summed E-state index contributed by atoms with van der Waals surface area (Å²) in [7, 11) is 0. The Labute approximate surface area is 208 Å². The van der Waals surface area contributed by atoms with Gasteiger partial charge >= 0.3 is 12.4 Å². The maximum atomic E-state index is 13.1. The van der Waals surface area contributed by atoms with Gasteiger partial charge in [0.25, 0.3) is 5.60 Å². The number of halogens is 6.